The van der Waals surface area contributed by atoms with Crippen molar-refractivity contribution < 1.29 is 9.53 Å². The van der Waals surface area contributed by atoms with E-state index in [-0.39, 0.29) is 29.9 Å². The zero-order chi connectivity index (χ0) is 14.1. The van der Waals surface area contributed by atoms with Gasteiger partial charge in [0.15, 0.2) is 0 Å². The highest BCUT2D eigenvalue weighted by atomic mass is 16.5. The van der Waals surface area contributed by atoms with Gasteiger partial charge in [-0.15, -0.1) is 0 Å². The van der Waals surface area contributed by atoms with Gasteiger partial charge in [-0.05, 0) is 36.8 Å². The van der Waals surface area contributed by atoms with Crippen molar-refractivity contribution in [3.05, 3.63) is 30.1 Å². The van der Waals surface area contributed by atoms with Gasteiger partial charge in [0.1, 0.15) is 0 Å². The van der Waals surface area contributed by atoms with E-state index in [1.807, 2.05) is 12.1 Å². The first-order chi connectivity index (χ1) is 9.65. The molecular formula is C16H22N2O2. The second-order valence-electron chi connectivity index (χ2n) is 6.23. The van der Waals surface area contributed by atoms with Crippen LogP contribution in [0.4, 0.5) is 0 Å². The lowest BCUT2D eigenvalue weighted by Gasteiger charge is -2.25. The number of carbonyl (C=O) groups excluding carboxylic acids is 1. The zero-order valence-electron chi connectivity index (χ0n) is 12.1. The van der Waals surface area contributed by atoms with Crippen molar-refractivity contribution in [3.63, 3.8) is 0 Å². The first-order valence-electron chi connectivity index (χ1n) is 7.51. The maximum atomic E-state index is 12.6. The molecule has 2 aliphatic heterocycles. The van der Waals surface area contributed by atoms with Gasteiger partial charge in [-0.1, -0.05) is 19.9 Å². The highest BCUT2D eigenvalue weighted by Gasteiger charge is 2.42. The zero-order valence-corrected chi connectivity index (χ0v) is 12.1. The molecule has 0 aromatic carbocycles. The molecule has 4 nitrogen and oxygen atoms in total. The van der Waals surface area contributed by atoms with E-state index in [1.54, 1.807) is 12.4 Å². The molecule has 2 saturated heterocycles. The SMILES string of the molecule is CC(C)[C@H](C(=O)N[C@H]1C[C@H]2CC[C@H]1O2)c1cccnc1. The Morgan fingerprint density at radius 3 is 2.85 bits per heavy atom. The fourth-order valence-corrected chi connectivity index (χ4v) is 3.46. The van der Waals surface area contributed by atoms with E-state index in [0.29, 0.717) is 6.10 Å². The summed E-state index contributed by atoms with van der Waals surface area (Å²) in [6, 6.07) is 4.06. The third kappa shape index (κ3) is 2.57. The molecule has 2 aliphatic rings. The predicted octanol–water partition coefficient (Wildman–Crippen LogP) is 2.26. The summed E-state index contributed by atoms with van der Waals surface area (Å²) >= 11 is 0. The Morgan fingerprint density at radius 2 is 2.30 bits per heavy atom. The average molecular weight is 274 g/mol. The van der Waals surface area contributed by atoms with Crippen molar-refractivity contribution in [2.24, 2.45) is 5.92 Å². The largest absolute Gasteiger partial charge is 0.373 e. The van der Waals surface area contributed by atoms with Crippen LogP contribution in [-0.2, 0) is 9.53 Å². The lowest BCUT2D eigenvalue weighted by Crippen LogP contribution is -2.44. The van der Waals surface area contributed by atoms with Crippen molar-refractivity contribution in [3.8, 4) is 0 Å². The Morgan fingerprint density at radius 1 is 1.45 bits per heavy atom. The molecule has 1 N–H and O–H groups in total. The minimum absolute atomic E-state index is 0.106. The second-order valence-corrected chi connectivity index (χ2v) is 6.23. The van der Waals surface area contributed by atoms with Crippen LogP contribution in [0.3, 0.4) is 0 Å². The van der Waals surface area contributed by atoms with Gasteiger partial charge in [-0.25, -0.2) is 0 Å². The summed E-state index contributed by atoms with van der Waals surface area (Å²) in [5, 5.41) is 3.20. The maximum absolute atomic E-state index is 12.6. The van der Waals surface area contributed by atoms with Gasteiger partial charge < -0.3 is 10.1 Å². The highest BCUT2D eigenvalue weighted by Crippen LogP contribution is 2.35. The Bertz CT molecular complexity index is 475. The molecule has 1 aromatic heterocycles. The summed E-state index contributed by atoms with van der Waals surface area (Å²) < 4.78 is 5.80. The molecule has 4 atom stereocenters. The highest BCUT2D eigenvalue weighted by molar-refractivity contribution is 5.84. The fourth-order valence-electron chi connectivity index (χ4n) is 3.46. The quantitative estimate of drug-likeness (QED) is 0.916. The fraction of sp³-hybridized carbons (Fsp3) is 0.625. The van der Waals surface area contributed by atoms with Crippen LogP contribution in [0, 0.1) is 5.92 Å². The smallest absolute Gasteiger partial charge is 0.228 e. The molecule has 0 radical (unpaired) electrons. The van der Waals surface area contributed by atoms with Crippen LogP contribution in [0.5, 0.6) is 0 Å². The van der Waals surface area contributed by atoms with E-state index < -0.39 is 0 Å². The molecule has 4 heteroatoms. The van der Waals surface area contributed by atoms with Crippen LogP contribution >= 0.6 is 0 Å². The Balaban J connectivity index is 1.70. The van der Waals surface area contributed by atoms with E-state index in [9.17, 15) is 4.79 Å². The third-order valence-corrected chi connectivity index (χ3v) is 4.43. The van der Waals surface area contributed by atoms with Crippen LogP contribution in [0.1, 0.15) is 44.6 Å². The number of hydrogen-bond donors (Lipinski definition) is 1. The van der Waals surface area contributed by atoms with E-state index >= 15 is 0 Å². The number of nitrogens with one attached hydrogen (secondary N) is 1. The normalized spacial score (nSPS) is 29.6. The molecule has 0 spiro atoms. The van der Waals surface area contributed by atoms with E-state index in [4.69, 9.17) is 4.74 Å². The van der Waals surface area contributed by atoms with Crippen LogP contribution in [0.2, 0.25) is 0 Å². The van der Waals surface area contributed by atoms with Crippen molar-refractivity contribution in [2.75, 3.05) is 0 Å². The van der Waals surface area contributed by atoms with Gasteiger partial charge in [0, 0.05) is 12.4 Å². The van der Waals surface area contributed by atoms with Gasteiger partial charge >= 0.3 is 0 Å². The molecule has 2 fully saturated rings. The predicted molar refractivity (Wildman–Crippen MR) is 76.3 cm³/mol. The number of fused-ring (bicyclic) bond motifs is 2. The first kappa shape index (κ1) is 13.6. The van der Waals surface area contributed by atoms with Crippen LogP contribution in [0.15, 0.2) is 24.5 Å². The summed E-state index contributed by atoms with van der Waals surface area (Å²) in [7, 11) is 0. The number of nitrogens with zero attached hydrogens (tertiary/aromatic N) is 1. The molecule has 3 heterocycles. The molecule has 3 rings (SSSR count). The summed E-state index contributed by atoms with van der Waals surface area (Å²) in [4.78, 5) is 16.8. The summed E-state index contributed by atoms with van der Waals surface area (Å²) in [5.41, 5.74) is 0.990. The lowest BCUT2D eigenvalue weighted by molar-refractivity contribution is -0.124. The van der Waals surface area contributed by atoms with E-state index in [2.05, 4.69) is 24.1 Å². The summed E-state index contributed by atoms with van der Waals surface area (Å²) in [5.74, 6) is 0.218. The topological polar surface area (TPSA) is 51.2 Å². The molecule has 108 valence electrons. The number of carbonyl (C=O) groups is 1. The number of amides is 1. The molecule has 0 aliphatic carbocycles. The minimum atomic E-state index is -0.136. The van der Waals surface area contributed by atoms with Gasteiger partial charge in [0.05, 0.1) is 24.2 Å². The van der Waals surface area contributed by atoms with Gasteiger partial charge in [0.2, 0.25) is 5.91 Å². The molecule has 0 saturated carbocycles. The Labute approximate surface area is 119 Å². The van der Waals surface area contributed by atoms with Crippen molar-refractivity contribution in [1.29, 1.82) is 0 Å². The first-order valence-corrected chi connectivity index (χ1v) is 7.51. The van der Waals surface area contributed by atoms with E-state index in [1.165, 1.54) is 0 Å². The molecule has 1 aromatic rings. The molecule has 2 bridgehead atoms. The monoisotopic (exact) mass is 274 g/mol. The second kappa shape index (κ2) is 5.52. The molecule has 0 unspecified atom stereocenters. The summed E-state index contributed by atoms with van der Waals surface area (Å²) in [6.45, 7) is 4.16. The maximum Gasteiger partial charge on any atom is 0.228 e. The van der Waals surface area contributed by atoms with Crippen molar-refractivity contribution in [2.45, 2.75) is 57.3 Å². The minimum Gasteiger partial charge on any atom is -0.373 e. The number of aromatic nitrogens is 1. The number of hydrogen-bond acceptors (Lipinski definition) is 3. The number of pyridine rings is 1. The van der Waals surface area contributed by atoms with Crippen LogP contribution < -0.4 is 5.32 Å². The van der Waals surface area contributed by atoms with Gasteiger partial charge in [-0.2, -0.15) is 0 Å². The Hall–Kier alpha value is -1.42. The number of ether oxygens (including phenoxy) is 1. The van der Waals surface area contributed by atoms with Crippen LogP contribution in [-0.4, -0.2) is 29.1 Å². The molecule has 20 heavy (non-hydrogen) atoms. The van der Waals surface area contributed by atoms with Gasteiger partial charge in [-0.3, -0.25) is 9.78 Å². The van der Waals surface area contributed by atoms with Crippen LogP contribution in [0.25, 0.3) is 0 Å². The average Bonchev–Trinajstić information content (AvgIpc) is 3.02. The number of rotatable bonds is 4. The molecular weight excluding hydrogens is 252 g/mol. The van der Waals surface area contributed by atoms with Gasteiger partial charge in [0.25, 0.3) is 0 Å². The molecule has 1 amide bonds. The lowest BCUT2D eigenvalue weighted by atomic mass is 9.87. The summed E-state index contributed by atoms with van der Waals surface area (Å²) in [6.07, 6.45) is 7.31. The third-order valence-electron chi connectivity index (χ3n) is 4.43. The standard InChI is InChI=1S/C16H22N2O2/c1-10(2)15(11-4-3-7-17-9-11)16(19)18-13-8-12-5-6-14(13)20-12/h3-4,7,9-10,12-15H,5-6,8H2,1-2H3,(H,18,19)/t12-,13+,14-,15+/m1/s1. The van der Waals surface area contributed by atoms with Crippen molar-refractivity contribution >= 4 is 5.91 Å². The van der Waals surface area contributed by atoms with E-state index in [0.717, 1.165) is 24.8 Å². The van der Waals surface area contributed by atoms with Crippen molar-refractivity contribution in [1.82, 2.24) is 10.3 Å². The Kier molecular flexibility index (Phi) is 3.74.